The van der Waals surface area contributed by atoms with E-state index in [0.29, 0.717) is 0 Å². The van der Waals surface area contributed by atoms with E-state index < -0.39 is 12.0 Å². The highest BCUT2D eigenvalue weighted by Crippen LogP contribution is 2.36. The van der Waals surface area contributed by atoms with Crippen LogP contribution in [0.1, 0.15) is 17.2 Å². The van der Waals surface area contributed by atoms with Crippen LogP contribution >= 0.6 is 0 Å². The molecule has 1 atom stereocenters. The number of nitrogens with one attached hydrogen (secondary N) is 1. The average Bonchev–Trinajstić information content (AvgIpc) is 2.73. The smallest absolute Gasteiger partial charge is 0.270 e. The van der Waals surface area contributed by atoms with Crippen molar-refractivity contribution in [2.24, 2.45) is 0 Å². The van der Waals surface area contributed by atoms with Crippen molar-refractivity contribution in [3.8, 4) is 5.75 Å². The average molecular weight is 299 g/mol. The summed E-state index contributed by atoms with van der Waals surface area (Å²) in [5, 5.41) is 3.34. The summed E-state index contributed by atoms with van der Waals surface area (Å²) in [7, 11) is 3.26. The monoisotopic (exact) mass is 299 g/mol. The largest absolute Gasteiger partial charge is 0.478 e. The van der Waals surface area contributed by atoms with Crippen LogP contribution in [0, 0.1) is 0 Å². The molecule has 1 heterocycles. The van der Waals surface area contributed by atoms with Gasteiger partial charge in [-0.3, -0.25) is 5.32 Å². The van der Waals surface area contributed by atoms with Crippen molar-refractivity contribution < 1.29 is 14.2 Å². The molecule has 1 aliphatic rings. The fourth-order valence-corrected chi connectivity index (χ4v) is 2.90. The summed E-state index contributed by atoms with van der Waals surface area (Å²) in [4.78, 5) is 0. The Morgan fingerprint density at radius 1 is 0.955 bits per heavy atom. The number of para-hydroxylation sites is 1. The lowest BCUT2D eigenvalue weighted by atomic mass is 9.99. The lowest BCUT2D eigenvalue weighted by Gasteiger charge is -2.37. The standard InChI is InChI=1S/C18H21NO3/c1-20-18(21-2)17(22-15-9-4-3-5-10-15)16-11-7-6-8-14(16)12-13-19-18/h3-11,17,19H,12-13H2,1-2H3. The molecule has 4 heteroatoms. The van der Waals surface area contributed by atoms with Crippen molar-refractivity contribution in [2.75, 3.05) is 20.8 Å². The molecular formula is C18H21NO3. The van der Waals surface area contributed by atoms with E-state index in [2.05, 4.69) is 17.4 Å². The van der Waals surface area contributed by atoms with E-state index in [1.807, 2.05) is 42.5 Å². The van der Waals surface area contributed by atoms with E-state index in [9.17, 15) is 0 Å². The third-order valence-corrected chi connectivity index (χ3v) is 4.05. The Morgan fingerprint density at radius 2 is 1.64 bits per heavy atom. The van der Waals surface area contributed by atoms with E-state index in [1.54, 1.807) is 14.2 Å². The van der Waals surface area contributed by atoms with Crippen LogP contribution in [0.15, 0.2) is 54.6 Å². The van der Waals surface area contributed by atoms with Gasteiger partial charge in [0.2, 0.25) is 0 Å². The summed E-state index contributed by atoms with van der Waals surface area (Å²) in [5.41, 5.74) is 2.33. The van der Waals surface area contributed by atoms with Gasteiger partial charge in [-0.1, -0.05) is 42.5 Å². The molecule has 0 bridgehead atoms. The maximum Gasteiger partial charge on any atom is 0.270 e. The molecule has 0 radical (unpaired) electrons. The molecule has 0 aliphatic carbocycles. The highest BCUT2D eigenvalue weighted by molar-refractivity contribution is 5.34. The molecule has 0 aromatic heterocycles. The van der Waals surface area contributed by atoms with Gasteiger partial charge in [0.15, 0.2) is 6.10 Å². The Labute approximate surface area is 131 Å². The van der Waals surface area contributed by atoms with Crippen LogP contribution in [0.3, 0.4) is 0 Å². The van der Waals surface area contributed by atoms with Gasteiger partial charge in [0.25, 0.3) is 5.91 Å². The second-order valence-corrected chi connectivity index (χ2v) is 5.26. The van der Waals surface area contributed by atoms with E-state index >= 15 is 0 Å². The van der Waals surface area contributed by atoms with Gasteiger partial charge in [-0.25, -0.2) is 0 Å². The number of hydrogen-bond acceptors (Lipinski definition) is 4. The van der Waals surface area contributed by atoms with Crippen LogP contribution in [0.4, 0.5) is 0 Å². The maximum atomic E-state index is 6.25. The Balaban J connectivity index is 2.05. The van der Waals surface area contributed by atoms with Gasteiger partial charge in [0.05, 0.1) is 0 Å². The summed E-state index contributed by atoms with van der Waals surface area (Å²) in [6, 6.07) is 18.0. The Hall–Kier alpha value is -1.88. The summed E-state index contributed by atoms with van der Waals surface area (Å²) < 4.78 is 17.6. The quantitative estimate of drug-likeness (QED) is 0.881. The van der Waals surface area contributed by atoms with Crippen molar-refractivity contribution in [2.45, 2.75) is 18.4 Å². The van der Waals surface area contributed by atoms with Gasteiger partial charge < -0.3 is 14.2 Å². The van der Waals surface area contributed by atoms with Crippen molar-refractivity contribution >= 4 is 0 Å². The lowest BCUT2D eigenvalue weighted by Crippen LogP contribution is -2.54. The third-order valence-electron chi connectivity index (χ3n) is 4.05. The number of rotatable bonds is 4. The Morgan fingerprint density at radius 3 is 2.36 bits per heavy atom. The predicted octanol–water partition coefficient (Wildman–Crippen LogP) is 2.90. The fourth-order valence-electron chi connectivity index (χ4n) is 2.90. The SMILES string of the molecule is COC1(OC)NCCc2ccccc2C1Oc1ccccc1. The first-order valence-electron chi connectivity index (χ1n) is 7.44. The van der Waals surface area contributed by atoms with Crippen LogP contribution in [0.2, 0.25) is 0 Å². The maximum absolute atomic E-state index is 6.25. The molecule has 2 aromatic carbocycles. The number of ether oxygens (including phenoxy) is 3. The Bertz CT molecular complexity index is 611. The van der Waals surface area contributed by atoms with E-state index in [4.69, 9.17) is 14.2 Å². The zero-order valence-electron chi connectivity index (χ0n) is 12.9. The molecule has 1 N–H and O–H groups in total. The number of hydrogen-bond donors (Lipinski definition) is 1. The van der Waals surface area contributed by atoms with Gasteiger partial charge in [-0.2, -0.15) is 0 Å². The molecule has 0 saturated heterocycles. The summed E-state index contributed by atoms with van der Waals surface area (Å²) >= 11 is 0. The van der Waals surface area contributed by atoms with Crippen LogP contribution < -0.4 is 10.1 Å². The van der Waals surface area contributed by atoms with E-state index in [0.717, 1.165) is 24.3 Å². The van der Waals surface area contributed by atoms with Crippen molar-refractivity contribution in [3.05, 3.63) is 65.7 Å². The van der Waals surface area contributed by atoms with Gasteiger partial charge in [0.1, 0.15) is 5.75 Å². The number of benzene rings is 2. The lowest BCUT2D eigenvalue weighted by molar-refractivity contribution is -0.273. The fraction of sp³-hybridized carbons (Fsp3) is 0.333. The normalized spacial score (nSPS) is 20.0. The van der Waals surface area contributed by atoms with Gasteiger partial charge >= 0.3 is 0 Å². The highest BCUT2D eigenvalue weighted by Gasteiger charge is 2.45. The molecule has 0 fully saturated rings. The van der Waals surface area contributed by atoms with Crippen LogP contribution in [0.25, 0.3) is 0 Å². The first kappa shape index (κ1) is 15.0. The topological polar surface area (TPSA) is 39.7 Å². The first-order valence-corrected chi connectivity index (χ1v) is 7.44. The minimum atomic E-state index is -1.01. The van der Waals surface area contributed by atoms with Gasteiger partial charge in [-0.15, -0.1) is 0 Å². The molecule has 1 aliphatic heterocycles. The molecule has 0 saturated carbocycles. The number of methoxy groups -OCH3 is 2. The van der Waals surface area contributed by atoms with Crippen molar-refractivity contribution in [1.82, 2.24) is 5.32 Å². The number of fused-ring (bicyclic) bond motifs is 1. The van der Waals surface area contributed by atoms with E-state index in [-0.39, 0.29) is 0 Å². The molecule has 4 nitrogen and oxygen atoms in total. The summed E-state index contributed by atoms with van der Waals surface area (Å²) in [5.74, 6) is -0.230. The molecule has 0 amide bonds. The van der Waals surface area contributed by atoms with Crippen LogP contribution in [-0.2, 0) is 15.9 Å². The molecule has 0 spiro atoms. The zero-order valence-corrected chi connectivity index (χ0v) is 12.9. The second kappa shape index (κ2) is 6.48. The summed E-state index contributed by atoms with van der Waals surface area (Å²) in [6.45, 7) is 0.757. The molecule has 116 valence electrons. The van der Waals surface area contributed by atoms with Crippen molar-refractivity contribution in [1.29, 1.82) is 0 Å². The highest BCUT2D eigenvalue weighted by atomic mass is 16.7. The second-order valence-electron chi connectivity index (χ2n) is 5.26. The molecule has 1 unspecified atom stereocenters. The summed E-state index contributed by atoms with van der Waals surface area (Å²) in [6.07, 6.45) is 0.503. The first-order chi connectivity index (χ1) is 10.8. The molecule has 3 rings (SSSR count). The van der Waals surface area contributed by atoms with Crippen LogP contribution in [-0.4, -0.2) is 26.7 Å². The van der Waals surface area contributed by atoms with Crippen LogP contribution in [0.5, 0.6) is 5.75 Å². The van der Waals surface area contributed by atoms with Gasteiger partial charge in [-0.05, 0) is 24.1 Å². The molecule has 2 aromatic rings. The van der Waals surface area contributed by atoms with Crippen molar-refractivity contribution in [3.63, 3.8) is 0 Å². The third kappa shape index (κ3) is 2.73. The molecular weight excluding hydrogens is 278 g/mol. The Kier molecular flexibility index (Phi) is 4.43. The predicted molar refractivity (Wildman–Crippen MR) is 84.7 cm³/mol. The minimum absolute atomic E-state index is 0.399. The molecule has 22 heavy (non-hydrogen) atoms. The minimum Gasteiger partial charge on any atom is -0.478 e. The van der Waals surface area contributed by atoms with Gasteiger partial charge in [0, 0.05) is 26.3 Å². The van der Waals surface area contributed by atoms with E-state index in [1.165, 1.54) is 5.56 Å². The zero-order chi connectivity index (χ0) is 15.4.